The molecule has 0 fully saturated rings. The van der Waals surface area contributed by atoms with Crippen molar-refractivity contribution >= 4 is 23.4 Å². The van der Waals surface area contributed by atoms with E-state index < -0.39 is 0 Å². The molecular weight excluding hydrogens is 390 g/mol. The van der Waals surface area contributed by atoms with Crippen LogP contribution in [0.1, 0.15) is 0 Å². The molecular formula is C21H21N3O4S. The zero-order valence-electron chi connectivity index (χ0n) is 16.3. The average molecular weight is 411 g/mol. The molecule has 0 aliphatic rings. The molecule has 29 heavy (non-hydrogen) atoms. The number of rotatable bonds is 8. The Morgan fingerprint density at radius 2 is 1.76 bits per heavy atom. The normalized spacial score (nSPS) is 10.3. The topological polar surface area (TPSA) is 82.6 Å². The Morgan fingerprint density at radius 1 is 0.931 bits per heavy atom. The predicted molar refractivity (Wildman–Crippen MR) is 113 cm³/mol. The van der Waals surface area contributed by atoms with E-state index in [0.29, 0.717) is 33.7 Å². The van der Waals surface area contributed by atoms with E-state index in [1.165, 1.54) is 11.8 Å². The number of hydrogen-bond donors (Lipinski definition) is 1. The largest absolute Gasteiger partial charge is 0.497 e. The molecule has 0 atom stereocenters. The molecule has 150 valence electrons. The molecule has 0 unspecified atom stereocenters. The number of nitrogens with one attached hydrogen (secondary N) is 1. The molecule has 0 bridgehead atoms. The summed E-state index contributed by atoms with van der Waals surface area (Å²) < 4.78 is 15.7. The Morgan fingerprint density at radius 3 is 2.45 bits per heavy atom. The molecule has 0 aliphatic heterocycles. The van der Waals surface area contributed by atoms with Gasteiger partial charge in [-0.15, -0.1) is 10.2 Å². The summed E-state index contributed by atoms with van der Waals surface area (Å²) in [5.74, 6) is 2.06. The number of nitrogens with zero attached hydrogens (tertiary/aromatic N) is 2. The van der Waals surface area contributed by atoms with Gasteiger partial charge in [0.05, 0.1) is 32.8 Å². The second-order valence-electron chi connectivity index (χ2n) is 5.90. The summed E-state index contributed by atoms with van der Waals surface area (Å²) in [7, 11) is 4.76. The molecule has 1 amide bonds. The fraction of sp³-hybridized carbons (Fsp3) is 0.190. The number of carbonyl (C=O) groups is 1. The highest BCUT2D eigenvalue weighted by Gasteiger charge is 2.09. The van der Waals surface area contributed by atoms with Crippen molar-refractivity contribution in [2.75, 3.05) is 32.4 Å². The van der Waals surface area contributed by atoms with Gasteiger partial charge in [0, 0.05) is 17.3 Å². The number of aromatic nitrogens is 2. The Hall–Kier alpha value is -3.26. The third kappa shape index (κ3) is 5.39. The maximum Gasteiger partial charge on any atom is 0.234 e. The molecule has 1 heterocycles. The number of amides is 1. The minimum atomic E-state index is -0.131. The first-order valence-corrected chi connectivity index (χ1v) is 9.74. The summed E-state index contributed by atoms with van der Waals surface area (Å²) in [5.41, 5.74) is 2.25. The summed E-state index contributed by atoms with van der Waals surface area (Å²) in [6, 6.07) is 16.5. The highest BCUT2D eigenvalue weighted by atomic mass is 32.2. The van der Waals surface area contributed by atoms with Crippen molar-refractivity contribution in [3.8, 4) is 28.5 Å². The van der Waals surface area contributed by atoms with Crippen LogP contribution in [0.15, 0.2) is 59.6 Å². The van der Waals surface area contributed by atoms with Crippen molar-refractivity contribution in [3.63, 3.8) is 0 Å². The van der Waals surface area contributed by atoms with E-state index in [1.807, 2.05) is 48.5 Å². The first-order valence-electron chi connectivity index (χ1n) is 8.75. The molecule has 1 aromatic heterocycles. The third-order valence-corrected chi connectivity index (χ3v) is 4.94. The number of benzene rings is 2. The maximum absolute atomic E-state index is 12.2. The predicted octanol–water partition coefficient (Wildman–Crippen LogP) is 3.90. The molecule has 3 rings (SSSR count). The van der Waals surface area contributed by atoms with Crippen LogP contribution in [-0.2, 0) is 4.79 Å². The van der Waals surface area contributed by atoms with Crippen LogP contribution < -0.4 is 19.5 Å². The highest BCUT2D eigenvalue weighted by molar-refractivity contribution is 7.99. The van der Waals surface area contributed by atoms with Gasteiger partial charge in [0.2, 0.25) is 5.91 Å². The second-order valence-corrected chi connectivity index (χ2v) is 6.89. The lowest BCUT2D eigenvalue weighted by molar-refractivity contribution is -0.113. The SMILES string of the molecule is COc1cccc(NC(=O)CSc2ccc(-c3ccc(OC)c(OC)c3)nn2)c1. The molecule has 0 spiro atoms. The number of anilines is 1. The smallest absolute Gasteiger partial charge is 0.234 e. The molecule has 0 saturated heterocycles. The van der Waals surface area contributed by atoms with Crippen molar-refractivity contribution < 1.29 is 19.0 Å². The van der Waals surface area contributed by atoms with Gasteiger partial charge in [0.15, 0.2) is 11.5 Å². The lowest BCUT2D eigenvalue weighted by atomic mass is 10.1. The fourth-order valence-electron chi connectivity index (χ4n) is 2.58. The standard InChI is InChI=1S/C21H21N3O4S/c1-26-16-6-4-5-15(12-16)22-20(25)13-29-21-10-8-17(23-24-21)14-7-9-18(27-2)19(11-14)28-3/h4-12H,13H2,1-3H3,(H,22,25). The molecule has 3 aromatic rings. The van der Waals surface area contributed by atoms with Crippen LogP contribution in [0.25, 0.3) is 11.3 Å². The van der Waals surface area contributed by atoms with Crippen molar-refractivity contribution in [1.29, 1.82) is 0 Å². The minimum absolute atomic E-state index is 0.131. The van der Waals surface area contributed by atoms with Gasteiger partial charge in [-0.05, 0) is 42.5 Å². The molecule has 2 aromatic carbocycles. The van der Waals surface area contributed by atoms with E-state index in [0.717, 1.165) is 5.56 Å². The molecule has 8 heteroatoms. The van der Waals surface area contributed by atoms with Gasteiger partial charge in [-0.25, -0.2) is 0 Å². The number of methoxy groups -OCH3 is 3. The summed E-state index contributed by atoms with van der Waals surface area (Å²) in [5, 5.41) is 11.9. The number of hydrogen-bond acceptors (Lipinski definition) is 7. The molecule has 7 nitrogen and oxygen atoms in total. The van der Waals surface area contributed by atoms with Crippen molar-refractivity contribution in [1.82, 2.24) is 10.2 Å². The van der Waals surface area contributed by atoms with Crippen molar-refractivity contribution in [2.24, 2.45) is 0 Å². The maximum atomic E-state index is 12.2. The van der Waals surface area contributed by atoms with Crippen LogP contribution in [0.2, 0.25) is 0 Å². The molecule has 0 radical (unpaired) electrons. The first kappa shape index (κ1) is 20.5. The van der Waals surface area contributed by atoms with Gasteiger partial charge in [-0.3, -0.25) is 4.79 Å². The zero-order valence-corrected chi connectivity index (χ0v) is 17.2. The van der Waals surface area contributed by atoms with E-state index in [9.17, 15) is 4.79 Å². The van der Waals surface area contributed by atoms with Gasteiger partial charge in [-0.1, -0.05) is 17.8 Å². The summed E-state index contributed by atoms with van der Waals surface area (Å²) in [4.78, 5) is 12.2. The Balaban J connectivity index is 1.60. The second kappa shape index (κ2) is 9.79. The number of carbonyl (C=O) groups excluding carboxylic acids is 1. The molecule has 0 saturated carbocycles. The summed E-state index contributed by atoms with van der Waals surface area (Å²) in [6.45, 7) is 0. The lowest BCUT2D eigenvalue weighted by Crippen LogP contribution is -2.14. The third-order valence-electron chi connectivity index (χ3n) is 4.02. The summed E-state index contributed by atoms with van der Waals surface area (Å²) in [6.07, 6.45) is 0. The van der Waals surface area contributed by atoms with E-state index in [4.69, 9.17) is 14.2 Å². The van der Waals surface area contributed by atoms with Crippen molar-refractivity contribution in [2.45, 2.75) is 5.03 Å². The highest BCUT2D eigenvalue weighted by Crippen LogP contribution is 2.31. The van der Waals surface area contributed by atoms with Gasteiger partial charge in [0.25, 0.3) is 0 Å². The van der Waals surface area contributed by atoms with E-state index in [-0.39, 0.29) is 11.7 Å². The monoisotopic (exact) mass is 411 g/mol. The number of thioether (sulfide) groups is 1. The van der Waals surface area contributed by atoms with Gasteiger partial charge in [-0.2, -0.15) is 0 Å². The van der Waals surface area contributed by atoms with Crippen LogP contribution in [0, 0.1) is 0 Å². The zero-order chi connectivity index (χ0) is 20.6. The van der Waals surface area contributed by atoms with E-state index in [1.54, 1.807) is 27.4 Å². The fourth-order valence-corrected chi connectivity index (χ4v) is 3.20. The average Bonchev–Trinajstić information content (AvgIpc) is 2.77. The van der Waals surface area contributed by atoms with Crippen LogP contribution in [0.5, 0.6) is 17.2 Å². The Bertz CT molecular complexity index is 980. The van der Waals surface area contributed by atoms with Gasteiger partial charge < -0.3 is 19.5 Å². The Labute approximate surface area is 173 Å². The first-order chi connectivity index (χ1) is 14.1. The summed E-state index contributed by atoms with van der Waals surface area (Å²) >= 11 is 1.31. The van der Waals surface area contributed by atoms with Crippen LogP contribution in [-0.4, -0.2) is 43.2 Å². The lowest BCUT2D eigenvalue weighted by Gasteiger charge is -2.09. The van der Waals surface area contributed by atoms with Gasteiger partial charge >= 0.3 is 0 Å². The van der Waals surface area contributed by atoms with Crippen LogP contribution in [0.4, 0.5) is 5.69 Å². The van der Waals surface area contributed by atoms with E-state index in [2.05, 4.69) is 15.5 Å². The van der Waals surface area contributed by atoms with Crippen LogP contribution >= 0.6 is 11.8 Å². The van der Waals surface area contributed by atoms with Gasteiger partial charge in [0.1, 0.15) is 10.8 Å². The molecule has 0 aliphatic carbocycles. The number of ether oxygens (including phenoxy) is 3. The van der Waals surface area contributed by atoms with E-state index >= 15 is 0 Å². The minimum Gasteiger partial charge on any atom is -0.497 e. The van der Waals surface area contributed by atoms with Crippen LogP contribution in [0.3, 0.4) is 0 Å². The molecule has 1 N–H and O–H groups in total. The quantitative estimate of drug-likeness (QED) is 0.563. The Kier molecular flexibility index (Phi) is 6.91. The van der Waals surface area contributed by atoms with Crippen molar-refractivity contribution in [3.05, 3.63) is 54.6 Å².